The third-order valence-corrected chi connectivity index (χ3v) is 1.85. The Balaban J connectivity index is 2.96. The molecule has 0 aromatic carbocycles. The molecular formula is C8H9N3. The maximum atomic E-state index is 3.99. The molecular weight excluding hydrogens is 138 g/mol. The highest BCUT2D eigenvalue weighted by molar-refractivity contribution is 5.46. The van der Waals surface area contributed by atoms with Crippen LogP contribution in [0.2, 0.25) is 0 Å². The van der Waals surface area contributed by atoms with Crippen molar-refractivity contribution in [2.24, 2.45) is 0 Å². The fourth-order valence-corrected chi connectivity index (χ4v) is 1.16. The standard InChI is InChI=1S/C8H9N3/c1-6-3-4-7(2)11-5-9-10-8(6)11/h3-5H,1-2H3. The summed E-state index contributed by atoms with van der Waals surface area (Å²) in [6, 6.07) is 4.12. The number of aryl methyl sites for hydroxylation is 2. The van der Waals surface area contributed by atoms with E-state index >= 15 is 0 Å². The van der Waals surface area contributed by atoms with Crippen molar-refractivity contribution in [1.82, 2.24) is 14.6 Å². The Morgan fingerprint density at radius 2 is 2.09 bits per heavy atom. The van der Waals surface area contributed by atoms with Gasteiger partial charge in [-0.3, -0.25) is 4.40 Å². The number of hydrogen-bond donors (Lipinski definition) is 0. The van der Waals surface area contributed by atoms with E-state index < -0.39 is 0 Å². The molecule has 0 amide bonds. The predicted molar refractivity (Wildman–Crippen MR) is 42.5 cm³/mol. The lowest BCUT2D eigenvalue weighted by Crippen LogP contribution is -1.90. The van der Waals surface area contributed by atoms with Crippen molar-refractivity contribution in [2.45, 2.75) is 13.8 Å². The molecule has 0 saturated heterocycles. The predicted octanol–water partition coefficient (Wildman–Crippen LogP) is 1.35. The summed E-state index contributed by atoms with van der Waals surface area (Å²) < 4.78 is 1.98. The van der Waals surface area contributed by atoms with Gasteiger partial charge < -0.3 is 0 Å². The number of pyridine rings is 1. The van der Waals surface area contributed by atoms with Crippen LogP contribution in [-0.4, -0.2) is 14.6 Å². The van der Waals surface area contributed by atoms with E-state index in [1.54, 1.807) is 6.33 Å². The second kappa shape index (κ2) is 2.05. The first kappa shape index (κ1) is 6.34. The maximum absolute atomic E-state index is 3.99. The minimum Gasteiger partial charge on any atom is -0.286 e. The molecule has 0 bridgehead atoms. The van der Waals surface area contributed by atoms with Gasteiger partial charge in [0, 0.05) is 5.69 Å². The Morgan fingerprint density at radius 3 is 2.82 bits per heavy atom. The number of nitrogens with zero attached hydrogens (tertiary/aromatic N) is 3. The van der Waals surface area contributed by atoms with Gasteiger partial charge in [-0.1, -0.05) is 6.07 Å². The molecule has 2 heterocycles. The normalized spacial score (nSPS) is 10.7. The summed E-state index contributed by atoms with van der Waals surface area (Å²) >= 11 is 0. The zero-order chi connectivity index (χ0) is 7.84. The molecule has 0 aliphatic heterocycles. The average molecular weight is 147 g/mol. The molecule has 2 aromatic heterocycles. The molecule has 0 N–H and O–H groups in total. The van der Waals surface area contributed by atoms with Gasteiger partial charge in [0.2, 0.25) is 0 Å². The van der Waals surface area contributed by atoms with Crippen LogP contribution < -0.4 is 0 Å². The van der Waals surface area contributed by atoms with Crippen LogP contribution >= 0.6 is 0 Å². The van der Waals surface area contributed by atoms with Gasteiger partial charge in [-0.15, -0.1) is 10.2 Å². The lowest BCUT2D eigenvalue weighted by Gasteiger charge is -1.98. The molecule has 56 valence electrons. The van der Waals surface area contributed by atoms with Gasteiger partial charge >= 0.3 is 0 Å². The molecule has 0 saturated carbocycles. The SMILES string of the molecule is Cc1ccc(C)n2cnnc12. The Kier molecular flexibility index (Phi) is 1.18. The van der Waals surface area contributed by atoms with Gasteiger partial charge in [0.15, 0.2) is 5.65 Å². The zero-order valence-electron chi connectivity index (χ0n) is 6.57. The molecule has 11 heavy (non-hydrogen) atoms. The quantitative estimate of drug-likeness (QED) is 0.563. The Labute approximate surface area is 64.7 Å². The van der Waals surface area contributed by atoms with Crippen LogP contribution in [0.5, 0.6) is 0 Å². The van der Waals surface area contributed by atoms with Crippen molar-refractivity contribution in [3.8, 4) is 0 Å². The largest absolute Gasteiger partial charge is 0.286 e. The van der Waals surface area contributed by atoms with E-state index in [0.29, 0.717) is 0 Å². The molecule has 0 aliphatic carbocycles. The van der Waals surface area contributed by atoms with Crippen LogP contribution in [0.4, 0.5) is 0 Å². The van der Waals surface area contributed by atoms with Crippen molar-refractivity contribution in [3.63, 3.8) is 0 Å². The topological polar surface area (TPSA) is 30.2 Å². The lowest BCUT2D eigenvalue weighted by atomic mass is 10.2. The molecule has 0 atom stereocenters. The van der Waals surface area contributed by atoms with E-state index in [1.165, 1.54) is 0 Å². The fraction of sp³-hybridized carbons (Fsp3) is 0.250. The molecule has 0 fully saturated rings. The summed E-state index contributed by atoms with van der Waals surface area (Å²) in [5, 5.41) is 7.83. The minimum atomic E-state index is 0.949. The summed E-state index contributed by atoms with van der Waals surface area (Å²) in [6.07, 6.45) is 1.73. The Bertz CT molecular complexity index is 353. The minimum absolute atomic E-state index is 0.949. The fourth-order valence-electron chi connectivity index (χ4n) is 1.16. The lowest BCUT2D eigenvalue weighted by molar-refractivity contribution is 1.06. The van der Waals surface area contributed by atoms with E-state index in [4.69, 9.17) is 0 Å². The van der Waals surface area contributed by atoms with Crippen LogP contribution in [0.25, 0.3) is 5.65 Å². The molecule has 3 nitrogen and oxygen atoms in total. The van der Waals surface area contributed by atoms with Crippen molar-refractivity contribution < 1.29 is 0 Å². The molecule has 2 rings (SSSR count). The average Bonchev–Trinajstić information content (AvgIpc) is 2.45. The monoisotopic (exact) mass is 147 g/mol. The van der Waals surface area contributed by atoms with Gasteiger partial charge in [0.1, 0.15) is 6.33 Å². The third-order valence-electron chi connectivity index (χ3n) is 1.85. The van der Waals surface area contributed by atoms with Crippen LogP contribution in [0.1, 0.15) is 11.3 Å². The van der Waals surface area contributed by atoms with E-state index in [9.17, 15) is 0 Å². The number of hydrogen-bond acceptors (Lipinski definition) is 2. The highest BCUT2D eigenvalue weighted by Crippen LogP contribution is 2.08. The molecule has 0 unspecified atom stereocenters. The smallest absolute Gasteiger partial charge is 0.163 e. The van der Waals surface area contributed by atoms with Gasteiger partial charge in [0.05, 0.1) is 0 Å². The van der Waals surface area contributed by atoms with Gasteiger partial charge in [-0.2, -0.15) is 0 Å². The molecule has 0 spiro atoms. The summed E-state index contributed by atoms with van der Waals surface area (Å²) in [6.45, 7) is 4.07. The van der Waals surface area contributed by atoms with Crippen LogP contribution in [0.3, 0.4) is 0 Å². The maximum Gasteiger partial charge on any atom is 0.163 e. The van der Waals surface area contributed by atoms with Crippen LogP contribution in [0, 0.1) is 13.8 Å². The summed E-state index contributed by atoms with van der Waals surface area (Å²) in [4.78, 5) is 0. The van der Waals surface area contributed by atoms with Crippen molar-refractivity contribution in [2.75, 3.05) is 0 Å². The van der Waals surface area contributed by atoms with Crippen LogP contribution in [-0.2, 0) is 0 Å². The molecule has 3 heteroatoms. The number of fused-ring (bicyclic) bond motifs is 1. The summed E-state index contributed by atoms with van der Waals surface area (Å²) in [5.41, 5.74) is 3.27. The first-order valence-corrected chi connectivity index (χ1v) is 3.55. The summed E-state index contributed by atoms with van der Waals surface area (Å²) in [5.74, 6) is 0. The first-order valence-electron chi connectivity index (χ1n) is 3.55. The van der Waals surface area contributed by atoms with Crippen molar-refractivity contribution in [3.05, 3.63) is 29.7 Å². The van der Waals surface area contributed by atoms with E-state index in [-0.39, 0.29) is 0 Å². The van der Waals surface area contributed by atoms with E-state index in [1.807, 2.05) is 18.2 Å². The number of aromatic nitrogens is 3. The first-order chi connectivity index (χ1) is 5.29. The van der Waals surface area contributed by atoms with Gasteiger partial charge in [-0.25, -0.2) is 0 Å². The third kappa shape index (κ3) is 0.808. The second-order valence-corrected chi connectivity index (χ2v) is 2.68. The number of rotatable bonds is 0. The zero-order valence-corrected chi connectivity index (χ0v) is 6.57. The highest BCUT2D eigenvalue weighted by Gasteiger charge is 1.99. The van der Waals surface area contributed by atoms with Crippen LogP contribution in [0.15, 0.2) is 18.5 Å². The van der Waals surface area contributed by atoms with Gasteiger partial charge in [0.25, 0.3) is 0 Å². The van der Waals surface area contributed by atoms with E-state index in [2.05, 4.69) is 22.3 Å². The van der Waals surface area contributed by atoms with Crippen molar-refractivity contribution >= 4 is 5.65 Å². The van der Waals surface area contributed by atoms with Crippen molar-refractivity contribution in [1.29, 1.82) is 0 Å². The Morgan fingerprint density at radius 1 is 1.27 bits per heavy atom. The molecule has 0 radical (unpaired) electrons. The van der Waals surface area contributed by atoms with Gasteiger partial charge in [-0.05, 0) is 25.5 Å². The molecule has 0 aliphatic rings. The Hall–Kier alpha value is -1.38. The molecule has 2 aromatic rings. The summed E-state index contributed by atoms with van der Waals surface area (Å²) in [7, 11) is 0. The van der Waals surface area contributed by atoms with E-state index in [0.717, 1.165) is 16.9 Å². The highest BCUT2D eigenvalue weighted by atomic mass is 15.2. The second-order valence-electron chi connectivity index (χ2n) is 2.68.